The first kappa shape index (κ1) is 30.2. The van der Waals surface area contributed by atoms with Crippen LogP contribution in [0.4, 0.5) is 34.5 Å². The van der Waals surface area contributed by atoms with Gasteiger partial charge in [-0.15, -0.1) is 0 Å². The van der Waals surface area contributed by atoms with Gasteiger partial charge >= 0.3 is 14.0 Å². The summed E-state index contributed by atoms with van der Waals surface area (Å²) in [5.41, 5.74) is 12.1. The van der Waals surface area contributed by atoms with Crippen LogP contribution in [0.2, 0.25) is 0 Å². The molecule has 10 heteroatoms. The van der Waals surface area contributed by atoms with Crippen LogP contribution in [0.3, 0.4) is 0 Å². The highest BCUT2D eigenvalue weighted by Crippen LogP contribution is 2.51. The van der Waals surface area contributed by atoms with Crippen LogP contribution >= 0.6 is 0 Å². The Morgan fingerprint density at radius 3 is 1.36 bits per heavy atom. The molecule has 0 N–H and O–H groups in total. The van der Waals surface area contributed by atoms with Gasteiger partial charge in [0.15, 0.2) is 0 Å². The zero-order chi connectivity index (χ0) is 35.6. The van der Waals surface area contributed by atoms with Gasteiger partial charge in [-0.3, -0.25) is 9.97 Å². The minimum absolute atomic E-state index is 0.153. The second-order valence-corrected chi connectivity index (χ2v) is 14.8. The van der Waals surface area contributed by atoms with Crippen molar-refractivity contribution < 1.29 is 8.83 Å². The fraction of sp³-hybridized carbons (Fsp3) is 0.116. The predicted octanol–water partition coefficient (Wildman–Crippen LogP) is 8.24. The molecule has 3 aliphatic rings. The molecule has 8 aromatic rings. The highest BCUT2D eigenvalue weighted by Gasteiger charge is 2.49. The quantitative estimate of drug-likeness (QED) is 0.172. The first-order chi connectivity index (χ1) is 25.9. The summed E-state index contributed by atoms with van der Waals surface area (Å²) in [7, 11) is 4.22. The maximum atomic E-state index is 6.50. The number of rotatable bonds is 4. The summed E-state index contributed by atoms with van der Waals surface area (Å²) in [6, 6.07) is 42.4. The van der Waals surface area contributed by atoms with Crippen LogP contribution < -0.4 is 30.2 Å². The number of aromatic nitrogens is 2. The van der Waals surface area contributed by atoms with Crippen molar-refractivity contribution >= 4 is 81.3 Å². The molecule has 0 saturated carbocycles. The molecular weight excluding hydrogens is 654 g/mol. The molecule has 254 valence electrons. The Bertz CT molecular complexity index is 2560. The van der Waals surface area contributed by atoms with Crippen molar-refractivity contribution in [2.75, 3.05) is 33.3 Å². The molecule has 0 saturated heterocycles. The van der Waals surface area contributed by atoms with Crippen molar-refractivity contribution in [1.29, 1.82) is 0 Å². The molecule has 0 bridgehead atoms. The van der Waals surface area contributed by atoms with Gasteiger partial charge in [0, 0.05) is 40.0 Å². The summed E-state index contributed by atoms with van der Waals surface area (Å²) in [6.45, 7) is 4.29. The van der Waals surface area contributed by atoms with Crippen LogP contribution in [0.25, 0.3) is 33.3 Å². The first-order valence-electron chi connectivity index (χ1n) is 18.1. The molecular formula is C43H34B2N6O2. The second-order valence-electron chi connectivity index (χ2n) is 14.8. The minimum Gasteiger partial charge on any atom is -0.439 e. The van der Waals surface area contributed by atoms with Gasteiger partial charge in [0.25, 0.3) is 0 Å². The van der Waals surface area contributed by atoms with Crippen molar-refractivity contribution in [3.63, 3.8) is 0 Å². The monoisotopic (exact) mass is 688 g/mol. The van der Waals surface area contributed by atoms with E-state index in [1.54, 1.807) is 0 Å². The topological polar surface area (TPSA) is 65.0 Å². The predicted molar refractivity (Wildman–Crippen MR) is 217 cm³/mol. The number of para-hydroxylation sites is 4. The Balaban J connectivity index is 1.01. The standard InChI is InChI=1S/C43H34B2N6O2/c1-43(2)33-23-27(44-48(3)41-39(31-19-11-13-21-35(31)52-41)50(44)29-15-7-5-8-16-29)25-46-37(33)38-34(43)24-28(26-47-38)45-49(4)42-40(32-20-12-14-22-36(32)53-42)51(45)30-17-9-6-10-18-30/h5-26H,1-4H3. The minimum atomic E-state index is -0.349. The SMILES string of the molecule is CN1B(c2cnc3c(c2)C(C)(C)c2cc(B4N(C)c5oc6ccccc6c5N4c4ccccc4)cnc2-3)N(c2ccccc2)c2c1oc1ccccc21. The Morgan fingerprint density at radius 1 is 0.528 bits per heavy atom. The smallest absolute Gasteiger partial charge is 0.419 e. The Morgan fingerprint density at radius 2 is 0.925 bits per heavy atom. The molecule has 11 rings (SSSR count). The van der Waals surface area contributed by atoms with E-state index in [0.717, 1.165) is 78.8 Å². The molecule has 4 aromatic heterocycles. The van der Waals surface area contributed by atoms with Gasteiger partial charge in [-0.25, -0.2) is 0 Å². The largest absolute Gasteiger partial charge is 0.439 e. The van der Waals surface area contributed by atoms with Gasteiger partial charge in [-0.2, -0.15) is 0 Å². The highest BCUT2D eigenvalue weighted by atomic mass is 16.4. The summed E-state index contributed by atoms with van der Waals surface area (Å²) in [5.74, 6) is 1.70. The molecule has 0 spiro atoms. The van der Waals surface area contributed by atoms with Crippen LogP contribution in [-0.4, -0.2) is 38.0 Å². The summed E-state index contributed by atoms with van der Waals surface area (Å²) in [4.78, 5) is 19.6. The summed E-state index contributed by atoms with van der Waals surface area (Å²) in [6.07, 6.45) is 4.05. The van der Waals surface area contributed by atoms with Crippen molar-refractivity contribution in [2.24, 2.45) is 0 Å². The fourth-order valence-electron chi connectivity index (χ4n) is 8.98. The van der Waals surface area contributed by atoms with Crippen LogP contribution in [0.1, 0.15) is 25.0 Å². The van der Waals surface area contributed by atoms with Crippen LogP contribution in [-0.2, 0) is 5.41 Å². The van der Waals surface area contributed by atoms with Crippen molar-refractivity contribution in [3.05, 3.63) is 145 Å². The molecule has 4 aromatic carbocycles. The van der Waals surface area contributed by atoms with Gasteiger partial charge in [0.05, 0.1) is 11.4 Å². The van der Waals surface area contributed by atoms with Crippen LogP contribution in [0.5, 0.6) is 0 Å². The average Bonchev–Trinajstić information content (AvgIpc) is 3.96. The molecule has 53 heavy (non-hydrogen) atoms. The van der Waals surface area contributed by atoms with Gasteiger partial charge < -0.3 is 28.1 Å². The Kier molecular flexibility index (Phi) is 6.16. The second kappa shape index (κ2) is 10.8. The van der Waals surface area contributed by atoms with E-state index >= 15 is 0 Å². The lowest BCUT2D eigenvalue weighted by atomic mass is 9.64. The normalized spacial score (nSPS) is 15.5. The summed E-state index contributed by atoms with van der Waals surface area (Å²) >= 11 is 0. The highest BCUT2D eigenvalue weighted by molar-refractivity contribution is 6.84. The summed E-state index contributed by atoms with van der Waals surface area (Å²) < 4.78 is 13.0. The lowest BCUT2D eigenvalue weighted by Crippen LogP contribution is -2.54. The van der Waals surface area contributed by atoms with E-state index in [0.29, 0.717) is 0 Å². The average molecular weight is 688 g/mol. The van der Waals surface area contributed by atoms with Crippen molar-refractivity contribution in [2.45, 2.75) is 19.3 Å². The number of benzene rings is 4. The Labute approximate surface area is 308 Å². The van der Waals surface area contributed by atoms with E-state index in [1.165, 1.54) is 11.1 Å². The number of anilines is 6. The molecule has 8 nitrogen and oxygen atoms in total. The maximum absolute atomic E-state index is 6.50. The zero-order valence-electron chi connectivity index (χ0n) is 29.9. The molecule has 2 aliphatic heterocycles. The number of hydrogen-bond acceptors (Lipinski definition) is 8. The van der Waals surface area contributed by atoms with E-state index in [4.69, 9.17) is 18.8 Å². The lowest BCUT2D eigenvalue weighted by Gasteiger charge is -2.29. The molecule has 1 aliphatic carbocycles. The number of pyridine rings is 2. The van der Waals surface area contributed by atoms with Gasteiger partial charge in [0.2, 0.25) is 11.8 Å². The fourth-order valence-corrected chi connectivity index (χ4v) is 8.98. The van der Waals surface area contributed by atoms with Gasteiger partial charge in [0.1, 0.15) is 22.5 Å². The molecule has 0 fully saturated rings. The van der Waals surface area contributed by atoms with E-state index in [1.807, 2.05) is 36.7 Å². The van der Waals surface area contributed by atoms with E-state index in [9.17, 15) is 0 Å². The first-order valence-corrected chi connectivity index (χ1v) is 18.1. The summed E-state index contributed by atoms with van der Waals surface area (Å²) in [5, 5.41) is 2.19. The van der Waals surface area contributed by atoms with Crippen molar-refractivity contribution in [1.82, 2.24) is 9.97 Å². The van der Waals surface area contributed by atoms with E-state index in [-0.39, 0.29) is 19.4 Å². The van der Waals surface area contributed by atoms with Crippen LogP contribution in [0, 0.1) is 0 Å². The lowest BCUT2D eigenvalue weighted by molar-refractivity contribution is 0.623. The van der Waals surface area contributed by atoms with Crippen molar-refractivity contribution in [3.8, 4) is 11.4 Å². The van der Waals surface area contributed by atoms with Gasteiger partial charge in [-0.1, -0.05) is 86.6 Å². The molecule has 0 unspecified atom stereocenters. The number of furan rings is 2. The third kappa shape index (κ3) is 4.09. The molecule has 0 radical (unpaired) electrons. The Hall–Kier alpha value is -6.41. The zero-order valence-corrected chi connectivity index (χ0v) is 29.9. The van der Waals surface area contributed by atoms with Gasteiger partial charge in [-0.05, 0) is 84.7 Å². The van der Waals surface area contributed by atoms with Crippen LogP contribution in [0.15, 0.2) is 143 Å². The third-order valence-electron chi connectivity index (χ3n) is 11.5. The van der Waals surface area contributed by atoms with E-state index < -0.39 is 0 Å². The number of fused-ring (bicyclic) bond motifs is 9. The maximum Gasteiger partial charge on any atom is 0.419 e. The molecule has 6 heterocycles. The number of hydrogen-bond donors (Lipinski definition) is 0. The van der Waals surface area contributed by atoms with E-state index in [2.05, 4.69) is 144 Å². The third-order valence-corrected chi connectivity index (χ3v) is 11.5. The molecule has 0 atom stereocenters. The number of nitrogens with zero attached hydrogens (tertiary/aromatic N) is 6. The molecule has 0 amide bonds.